The van der Waals surface area contributed by atoms with E-state index < -0.39 is 5.82 Å². The average Bonchev–Trinajstić information content (AvgIpc) is 2.65. The molecule has 2 aromatic rings. The molecular formula is C10H7ClFN3O. The summed E-state index contributed by atoms with van der Waals surface area (Å²) in [5.74, 6) is -0.439. The van der Waals surface area contributed by atoms with Gasteiger partial charge in [0.1, 0.15) is 5.82 Å². The van der Waals surface area contributed by atoms with Gasteiger partial charge in [0.15, 0.2) is 0 Å². The van der Waals surface area contributed by atoms with Crippen molar-refractivity contribution >= 4 is 23.7 Å². The maximum atomic E-state index is 13.0. The van der Waals surface area contributed by atoms with E-state index in [-0.39, 0.29) is 0 Å². The Morgan fingerprint density at radius 3 is 2.94 bits per heavy atom. The first-order valence-electron chi connectivity index (χ1n) is 4.41. The van der Waals surface area contributed by atoms with Gasteiger partial charge < -0.3 is 5.32 Å². The fraction of sp³-hybridized carbons (Fsp3) is 0. The van der Waals surface area contributed by atoms with E-state index in [9.17, 15) is 9.18 Å². The van der Waals surface area contributed by atoms with Gasteiger partial charge in [-0.3, -0.25) is 4.79 Å². The number of amides is 1. The number of hydrogen-bond acceptors (Lipinski definition) is 2. The normalized spacial score (nSPS) is 10.1. The van der Waals surface area contributed by atoms with Crippen LogP contribution < -0.4 is 5.32 Å². The van der Waals surface area contributed by atoms with E-state index in [2.05, 4.69) is 10.4 Å². The van der Waals surface area contributed by atoms with Gasteiger partial charge in [0, 0.05) is 6.20 Å². The third-order valence-corrected chi connectivity index (χ3v) is 2.17. The Balaban J connectivity index is 2.50. The van der Waals surface area contributed by atoms with Crippen LogP contribution in [0, 0.1) is 5.82 Å². The largest absolute Gasteiger partial charge is 0.327 e. The number of rotatable bonds is 3. The molecule has 0 bridgehead atoms. The molecule has 0 atom stereocenters. The number of nitrogens with zero attached hydrogens (tertiary/aromatic N) is 2. The summed E-state index contributed by atoms with van der Waals surface area (Å²) in [5.41, 5.74) is 0.871. The SMILES string of the molecule is O=CNc1cc(F)ccc1-n1cc(Cl)cn1. The lowest BCUT2D eigenvalue weighted by atomic mass is 10.2. The maximum Gasteiger partial charge on any atom is 0.211 e. The van der Waals surface area contributed by atoms with Gasteiger partial charge in [-0.25, -0.2) is 9.07 Å². The van der Waals surface area contributed by atoms with Crippen LogP contribution in [0.25, 0.3) is 5.69 Å². The predicted molar refractivity (Wildman–Crippen MR) is 58.2 cm³/mol. The summed E-state index contributed by atoms with van der Waals surface area (Å²) < 4.78 is 14.4. The Morgan fingerprint density at radius 1 is 1.50 bits per heavy atom. The molecule has 1 N–H and O–H groups in total. The van der Waals surface area contributed by atoms with Crippen LogP contribution in [0.4, 0.5) is 10.1 Å². The molecule has 16 heavy (non-hydrogen) atoms. The summed E-state index contributed by atoms with van der Waals surface area (Å²) >= 11 is 5.72. The molecule has 0 aliphatic carbocycles. The first kappa shape index (κ1) is 10.6. The Bertz CT molecular complexity index is 527. The Labute approximate surface area is 95.6 Å². The topological polar surface area (TPSA) is 46.9 Å². The van der Waals surface area contributed by atoms with Crippen LogP contribution in [0.3, 0.4) is 0 Å². The van der Waals surface area contributed by atoms with E-state index in [1.54, 1.807) is 6.20 Å². The van der Waals surface area contributed by atoms with Crippen molar-refractivity contribution < 1.29 is 9.18 Å². The number of carbonyl (C=O) groups is 1. The van der Waals surface area contributed by atoms with Crippen molar-refractivity contribution in [3.05, 3.63) is 41.4 Å². The minimum Gasteiger partial charge on any atom is -0.327 e. The molecule has 0 saturated carbocycles. The molecule has 0 unspecified atom stereocenters. The molecule has 1 aromatic carbocycles. The van der Waals surface area contributed by atoms with Gasteiger partial charge in [-0.2, -0.15) is 5.10 Å². The molecule has 0 radical (unpaired) electrons. The lowest BCUT2D eigenvalue weighted by Gasteiger charge is -2.07. The molecule has 1 heterocycles. The molecule has 1 amide bonds. The van der Waals surface area contributed by atoms with Crippen molar-refractivity contribution in [2.24, 2.45) is 0 Å². The van der Waals surface area contributed by atoms with Crippen molar-refractivity contribution in [3.8, 4) is 5.69 Å². The highest BCUT2D eigenvalue weighted by Gasteiger charge is 2.06. The lowest BCUT2D eigenvalue weighted by Crippen LogP contribution is -2.03. The third-order valence-electron chi connectivity index (χ3n) is 1.97. The number of aromatic nitrogens is 2. The van der Waals surface area contributed by atoms with Crippen LogP contribution in [0.5, 0.6) is 0 Å². The van der Waals surface area contributed by atoms with Crippen LogP contribution in [-0.4, -0.2) is 16.2 Å². The van der Waals surface area contributed by atoms with E-state index in [4.69, 9.17) is 11.6 Å². The number of carbonyl (C=O) groups excluding carboxylic acids is 1. The summed E-state index contributed by atoms with van der Waals surface area (Å²) in [7, 11) is 0. The smallest absolute Gasteiger partial charge is 0.211 e. The zero-order chi connectivity index (χ0) is 11.5. The predicted octanol–water partition coefficient (Wildman–Crippen LogP) is 2.23. The molecule has 0 aliphatic rings. The highest BCUT2D eigenvalue weighted by atomic mass is 35.5. The number of halogens is 2. The van der Waals surface area contributed by atoms with Crippen molar-refractivity contribution in [1.29, 1.82) is 0 Å². The van der Waals surface area contributed by atoms with E-state index >= 15 is 0 Å². The minimum atomic E-state index is -0.439. The fourth-order valence-corrected chi connectivity index (χ4v) is 1.46. The Morgan fingerprint density at radius 2 is 2.31 bits per heavy atom. The van der Waals surface area contributed by atoms with Gasteiger partial charge in [0.2, 0.25) is 6.41 Å². The zero-order valence-corrected chi connectivity index (χ0v) is 8.78. The van der Waals surface area contributed by atoms with Crippen LogP contribution >= 0.6 is 11.6 Å². The van der Waals surface area contributed by atoms with Crippen molar-refractivity contribution in [1.82, 2.24) is 9.78 Å². The summed E-state index contributed by atoms with van der Waals surface area (Å²) in [6.07, 6.45) is 3.49. The molecule has 82 valence electrons. The van der Waals surface area contributed by atoms with E-state index in [1.165, 1.54) is 29.1 Å². The van der Waals surface area contributed by atoms with Gasteiger partial charge >= 0.3 is 0 Å². The average molecular weight is 240 g/mol. The Hall–Kier alpha value is -1.88. The van der Waals surface area contributed by atoms with Crippen LogP contribution in [0.2, 0.25) is 5.02 Å². The maximum absolute atomic E-state index is 13.0. The number of anilines is 1. The van der Waals surface area contributed by atoms with Gasteiger partial charge in [-0.1, -0.05) is 11.6 Å². The van der Waals surface area contributed by atoms with Crippen LogP contribution in [0.1, 0.15) is 0 Å². The molecule has 0 saturated heterocycles. The summed E-state index contributed by atoms with van der Waals surface area (Å²) in [4.78, 5) is 10.4. The number of benzene rings is 1. The second-order valence-corrected chi connectivity index (χ2v) is 3.46. The lowest BCUT2D eigenvalue weighted by molar-refractivity contribution is -0.105. The second kappa shape index (κ2) is 4.32. The van der Waals surface area contributed by atoms with Crippen molar-refractivity contribution in [3.63, 3.8) is 0 Å². The first-order valence-corrected chi connectivity index (χ1v) is 4.79. The van der Waals surface area contributed by atoms with Crippen LogP contribution in [0.15, 0.2) is 30.6 Å². The minimum absolute atomic E-state index is 0.328. The van der Waals surface area contributed by atoms with Gasteiger partial charge in [0.05, 0.1) is 22.6 Å². The zero-order valence-electron chi connectivity index (χ0n) is 8.02. The molecular weight excluding hydrogens is 233 g/mol. The summed E-state index contributed by atoms with van der Waals surface area (Å²) in [6.45, 7) is 0. The molecule has 6 heteroatoms. The van der Waals surface area contributed by atoms with Gasteiger partial charge in [-0.15, -0.1) is 0 Å². The molecule has 2 rings (SSSR count). The molecule has 0 aliphatic heterocycles. The van der Waals surface area contributed by atoms with Crippen molar-refractivity contribution in [2.45, 2.75) is 0 Å². The van der Waals surface area contributed by atoms with Gasteiger partial charge in [0.25, 0.3) is 0 Å². The molecule has 1 aromatic heterocycles. The molecule has 0 spiro atoms. The number of nitrogens with one attached hydrogen (secondary N) is 1. The van der Waals surface area contributed by atoms with E-state index in [1.807, 2.05) is 0 Å². The summed E-state index contributed by atoms with van der Waals surface area (Å²) in [6, 6.07) is 3.99. The monoisotopic (exact) mass is 239 g/mol. The molecule has 4 nitrogen and oxygen atoms in total. The number of hydrogen-bond donors (Lipinski definition) is 1. The standard InChI is InChI=1S/C10H7ClFN3O/c11-7-4-14-15(5-7)10-2-1-8(12)3-9(10)13-6-16/h1-6H,(H,13,16). The third kappa shape index (κ3) is 2.04. The fourth-order valence-electron chi connectivity index (χ4n) is 1.32. The first-order chi connectivity index (χ1) is 7.70. The highest BCUT2D eigenvalue weighted by Crippen LogP contribution is 2.21. The Kier molecular flexibility index (Phi) is 2.87. The molecule has 0 fully saturated rings. The van der Waals surface area contributed by atoms with E-state index in [0.717, 1.165) is 0 Å². The quantitative estimate of drug-likeness (QED) is 0.835. The van der Waals surface area contributed by atoms with E-state index in [0.29, 0.717) is 22.8 Å². The van der Waals surface area contributed by atoms with Crippen LogP contribution in [-0.2, 0) is 4.79 Å². The second-order valence-electron chi connectivity index (χ2n) is 3.03. The van der Waals surface area contributed by atoms with Gasteiger partial charge in [-0.05, 0) is 18.2 Å². The highest BCUT2D eigenvalue weighted by molar-refractivity contribution is 6.30. The summed E-state index contributed by atoms with van der Waals surface area (Å²) in [5, 5.41) is 6.82. The van der Waals surface area contributed by atoms with Crippen molar-refractivity contribution in [2.75, 3.05) is 5.32 Å².